The van der Waals surface area contributed by atoms with E-state index in [0.29, 0.717) is 13.2 Å². The van der Waals surface area contributed by atoms with Crippen LogP contribution in [0.2, 0.25) is 5.02 Å². The molecule has 0 atom stereocenters. The van der Waals surface area contributed by atoms with Crippen molar-refractivity contribution in [2.75, 3.05) is 24.6 Å². The first-order valence-electron chi connectivity index (χ1n) is 7.22. The second-order valence-electron chi connectivity index (χ2n) is 5.19. The predicted octanol–water partition coefficient (Wildman–Crippen LogP) is 3.24. The Morgan fingerprint density at radius 2 is 2.05 bits per heavy atom. The molecule has 2 aromatic rings. The van der Waals surface area contributed by atoms with Crippen molar-refractivity contribution in [1.29, 1.82) is 0 Å². The van der Waals surface area contributed by atoms with Crippen molar-refractivity contribution in [2.24, 2.45) is 5.73 Å². The van der Waals surface area contributed by atoms with Crippen LogP contribution < -0.4 is 15.4 Å². The summed E-state index contributed by atoms with van der Waals surface area (Å²) in [5.41, 5.74) is 9.33. The molecule has 21 heavy (non-hydrogen) atoms. The Balaban J connectivity index is 1.95. The zero-order valence-corrected chi connectivity index (χ0v) is 12.6. The molecule has 4 heteroatoms. The van der Waals surface area contributed by atoms with Crippen LogP contribution in [0.3, 0.4) is 0 Å². The van der Waals surface area contributed by atoms with Gasteiger partial charge in [-0.25, -0.2) is 0 Å². The normalized spacial score (nSPS) is 14.3. The van der Waals surface area contributed by atoms with Gasteiger partial charge in [0, 0.05) is 22.8 Å². The fourth-order valence-electron chi connectivity index (χ4n) is 2.73. The molecule has 0 fully saturated rings. The standard InChI is InChI=1S/C17H19ClN2O/c18-15-6-5-13(7-8-19)16(11-15)20-9-10-21-17-4-2-1-3-14(17)12-20/h1-6,11H,7-10,12,19H2. The number of ether oxygens (including phenoxy) is 1. The number of para-hydroxylation sites is 1. The minimum absolute atomic E-state index is 0.634. The molecule has 0 bridgehead atoms. The summed E-state index contributed by atoms with van der Waals surface area (Å²) >= 11 is 6.19. The van der Waals surface area contributed by atoms with Crippen molar-refractivity contribution < 1.29 is 4.74 Å². The number of hydrogen-bond donors (Lipinski definition) is 1. The van der Waals surface area contributed by atoms with Gasteiger partial charge in [0.2, 0.25) is 0 Å². The molecule has 0 aromatic heterocycles. The lowest BCUT2D eigenvalue weighted by atomic mass is 10.1. The van der Waals surface area contributed by atoms with Crippen molar-refractivity contribution in [2.45, 2.75) is 13.0 Å². The Labute approximate surface area is 130 Å². The maximum Gasteiger partial charge on any atom is 0.124 e. The van der Waals surface area contributed by atoms with E-state index >= 15 is 0 Å². The van der Waals surface area contributed by atoms with Gasteiger partial charge < -0.3 is 15.4 Å². The van der Waals surface area contributed by atoms with Crippen molar-refractivity contribution >= 4 is 17.3 Å². The summed E-state index contributed by atoms with van der Waals surface area (Å²) in [6.07, 6.45) is 0.853. The minimum atomic E-state index is 0.634. The Bertz CT molecular complexity index is 630. The Hall–Kier alpha value is -1.71. The van der Waals surface area contributed by atoms with Crippen LogP contribution in [0.5, 0.6) is 5.75 Å². The van der Waals surface area contributed by atoms with E-state index in [4.69, 9.17) is 22.1 Å². The number of rotatable bonds is 3. The SMILES string of the molecule is NCCc1ccc(Cl)cc1N1CCOc2ccccc2C1. The molecular formula is C17H19ClN2O. The van der Waals surface area contributed by atoms with Gasteiger partial charge >= 0.3 is 0 Å². The average molecular weight is 303 g/mol. The highest BCUT2D eigenvalue weighted by Gasteiger charge is 2.17. The van der Waals surface area contributed by atoms with Crippen LogP contribution in [-0.2, 0) is 13.0 Å². The zero-order valence-electron chi connectivity index (χ0n) is 11.9. The summed E-state index contributed by atoms with van der Waals surface area (Å²) in [4.78, 5) is 2.32. The first-order chi connectivity index (χ1) is 10.3. The maximum absolute atomic E-state index is 6.19. The van der Waals surface area contributed by atoms with Crippen molar-refractivity contribution in [1.82, 2.24) is 0 Å². The molecule has 1 heterocycles. The summed E-state index contributed by atoms with van der Waals surface area (Å²) in [6, 6.07) is 14.2. The molecule has 0 unspecified atom stereocenters. The van der Waals surface area contributed by atoms with Crippen LogP contribution in [0.25, 0.3) is 0 Å². The topological polar surface area (TPSA) is 38.5 Å². The van der Waals surface area contributed by atoms with E-state index in [-0.39, 0.29) is 0 Å². The third kappa shape index (κ3) is 3.14. The molecule has 0 aliphatic carbocycles. The first-order valence-corrected chi connectivity index (χ1v) is 7.60. The lowest BCUT2D eigenvalue weighted by Crippen LogP contribution is -2.26. The van der Waals surface area contributed by atoms with E-state index in [2.05, 4.69) is 17.0 Å². The highest BCUT2D eigenvalue weighted by atomic mass is 35.5. The number of fused-ring (bicyclic) bond motifs is 1. The van der Waals surface area contributed by atoms with Gasteiger partial charge in [0.1, 0.15) is 12.4 Å². The van der Waals surface area contributed by atoms with Crippen molar-refractivity contribution in [3.05, 3.63) is 58.6 Å². The molecule has 0 radical (unpaired) electrons. The Morgan fingerprint density at radius 3 is 2.90 bits per heavy atom. The molecule has 0 amide bonds. The molecule has 3 rings (SSSR count). The molecule has 2 aromatic carbocycles. The summed E-state index contributed by atoms with van der Waals surface area (Å²) in [5, 5.41) is 0.754. The van der Waals surface area contributed by atoms with Crippen LogP contribution in [-0.4, -0.2) is 19.7 Å². The van der Waals surface area contributed by atoms with Crippen LogP contribution in [0.4, 0.5) is 5.69 Å². The third-order valence-corrected chi connectivity index (χ3v) is 3.99. The number of halogens is 1. The van der Waals surface area contributed by atoms with Gasteiger partial charge in [-0.1, -0.05) is 35.9 Å². The van der Waals surface area contributed by atoms with Crippen LogP contribution >= 0.6 is 11.6 Å². The smallest absolute Gasteiger partial charge is 0.124 e. The summed E-state index contributed by atoms with van der Waals surface area (Å²) < 4.78 is 5.83. The second-order valence-corrected chi connectivity index (χ2v) is 5.63. The van der Waals surface area contributed by atoms with Crippen molar-refractivity contribution in [3.63, 3.8) is 0 Å². The summed E-state index contributed by atoms with van der Waals surface area (Å²) in [5.74, 6) is 0.974. The lowest BCUT2D eigenvalue weighted by molar-refractivity contribution is 0.331. The van der Waals surface area contributed by atoms with E-state index in [0.717, 1.165) is 36.0 Å². The first kappa shape index (κ1) is 14.2. The highest BCUT2D eigenvalue weighted by Crippen LogP contribution is 2.30. The molecule has 3 nitrogen and oxygen atoms in total. The summed E-state index contributed by atoms with van der Waals surface area (Å²) in [6.45, 7) is 2.97. The van der Waals surface area contributed by atoms with Gasteiger partial charge in [0.15, 0.2) is 0 Å². The quantitative estimate of drug-likeness (QED) is 0.946. The van der Waals surface area contributed by atoms with E-state index in [1.807, 2.05) is 30.3 Å². The minimum Gasteiger partial charge on any atom is -0.491 e. The van der Waals surface area contributed by atoms with Gasteiger partial charge in [-0.2, -0.15) is 0 Å². The summed E-state index contributed by atoms with van der Waals surface area (Å²) in [7, 11) is 0. The third-order valence-electron chi connectivity index (χ3n) is 3.75. The highest BCUT2D eigenvalue weighted by molar-refractivity contribution is 6.30. The van der Waals surface area contributed by atoms with E-state index in [1.165, 1.54) is 11.1 Å². The molecule has 0 spiro atoms. The molecule has 0 saturated carbocycles. The Morgan fingerprint density at radius 1 is 1.19 bits per heavy atom. The monoisotopic (exact) mass is 302 g/mol. The zero-order chi connectivity index (χ0) is 14.7. The van der Waals surface area contributed by atoms with Crippen LogP contribution in [0.15, 0.2) is 42.5 Å². The molecule has 1 aliphatic heterocycles. The number of nitrogens with zero attached hydrogens (tertiary/aromatic N) is 1. The molecule has 110 valence electrons. The van der Waals surface area contributed by atoms with E-state index in [9.17, 15) is 0 Å². The molecule has 0 saturated heterocycles. The van der Waals surface area contributed by atoms with E-state index < -0.39 is 0 Å². The van der Waals surface area contributed by atoms with Gasteiger partial charge in [-0.3, -0.25) is 0 Å². The number of nitrogens with two attached hydrogens (primary N) is 1. The number of benzene rings is 2. The van der Waals surface area contributed by atoms with Crippen LogP contribution in [0.1, 0.15) is 11.1 Å². The molecule has 2 N–H and O–H groups in total. The molecular weight excluding hydrogens is 284 g/mol. The lowest BCUT2D eigenvalue weighted by Gasteiger charge is -2.25. The van der Waals surface area contributed by atoms with Crippen molar-refractivity contribution in [3.8, 4) is 5.75 Å². The van der Waals surface area contributed by atoms with Gasteiger partial charge in [-0.15, -0.1) is 0 Å². The fraction of sp³-hybridized carbons (Fsp3) is 0.294. The second kappa shape index (κ2) is 6.37. The van der Waals surface area contributed by atoms with Crippen LogP contribution in [0, 0.1) is 0 Å². The van der Waals surface area contributed by atoms with Gasteiger partial charge in [-0.05, 0) is 36.7 Å². The Kier molecular flexibility index (Phi) is 4.32. The average Bonchev–Trinajstić information content (AvgIpc) is 2.71. The van der Waals surface area contributed by atoms with Gasteiger partial charge in [0.05, 0.1) is 6.54 Å². The maximum atomic E-state index is 6.19. The number of hydrogen-bond acceptors (Lipinski definition) is 3. The predicted molar refractivity (Wildman–Crippen MR) is 87.2 cm³/mol. The van der Waals surface area contributed by atoms with Gasteiger partial charge in [0.25, 0.3) is 0 Å². The van der Waals surface area contributed by atoms with E-state index in [1.54, 1.807) is 0 Å². The fourth-order valence-corrected chi connectivity index (χ4v) is 2.90. The largest absolute Gasteiger partial charge is 0.491 e. The molecule has 1 aliphatic rings. The number of anilines is 1.